The molecule has 21 heavy (non-hydrogen) atoms. The van der Waals surface area contributed by atoms with Gasteiger partial charge < -0.3 is 13.3 Å². The molecule has 0 fully saturated rings. The first kappa shape index (κ1) is 16.6. The van der Waals surface area contributed by atoms with Crippen LogP contribution < -0.4 is 0 Å². The van der Waals surface area contributed by atoms with E-state index in [1.54, 1.807) is 0 Å². The van der Waals surface area contributed by atoms with Crippen LogP contribution in [-0.2, 0) is 19.7 Å². The van der Waals surface area contributed by atoms with Crippen molar-refractivity contribution in [3.05, 3.63) is 34.4 Å². The Morgan fingerprint density at radius 3 is 1.81 bits per heavy atom. The summed E-state index contributed by atoms with van der Waals surface area (Å²) in [5.41, 5.74) is 4.82. The highest BCUT2D eigenvalue weighted by Gasteiger charge is 2.48. The highest BCUT2D eigenvalue weighted by molar-refractivity contribution is 6.61. The first-order valence-electron chi connectivity index (χ1n) is 6.45. The number of benzene rings is 1. The van der Waals surface area contributed by atoms with Gasteiger partial charge in [0.05, 0.1) is 24.4 Å². The Labute approximate surface area is 128 Å². The lowest BCUT2D eigenvalue weighted by Crippen LogP contribution is -2.42. The van der Waals surface area contributed by atoms with Crippen molar-refractivity contribution in [1.82, 2.24) is 0 Å². The minimum Gasteiger partial charge on any atom is -0.432 e. The molecule has 0 amide bonds. The lowest BCUT2D eigenvalue weighted by atomic mass is 9.99. The summed E-state index contributed by atoms with van der Waals surface area (Å²) in [6.07, 6.45) is 22.4. The van der Waals surface area contributed by atoms with Crippen molar-refractivity contribution in [1.29, 1.82) is 0 Å². The average molecular weight is 298 g/mol. The molecule has 0 aliphatic rings. The van der Waals surface area contributed by atoms with E-state index in [2.05, 4.69) is 51.2 Å². The van der Waals surface area contributed by atoms with Gasteiger partial charge in [0.15, 0.2) is 0 Å². The van der Waals surface area contributed by atoms with Crippen LogP contribution in [0.5, 0.6) is 0 Å². The van der Waals surface area contributed by atoms with Crippen LogP contribution in [0.3, 0.4) is 0 Å². The molecule has 1 rings (SSSR count). The molecule has 0 saturated carbocycles. The molecule has 0 unspecified atom stereocenters. The Morgan fingerprint density at radius 1 is 0.857 bits per heavy atom. The molecule has 3 nitrogen and oxygen atoms in total. The first-order valence-corrected chi connectivity index (χ1v) is 8.38. The molecule has 0 spiro atoms. The third-order valence-electron chi connectivity index (χ3n) is 3.30. The summed E-state index contributed by atoms with van der Waals surface area (Å²) < 4.78 is 15.5. The maximum atomic E-state index is 5.18. The van der Waals surface area contributed by atoms with Crippen LogP contribution in [0, 0.1) is 58.4 Å². The molecule has 0 atom stereocenters. The average Bonchev–Trinajstić information content (AvgIpc) is 2.42. The highest BCUT2D eigenvalue weighted by Crippen LogP contribution is 2.22. The van der Waals surface area contributed by atoms with E-state index in [1.165, 1.54) is 16.7 Å². The number of rotatable bonds is 6. The van der Waals surface area contributed by atoms with Gasteiger partial charge in [0, 0.05) is 0 Å². The van der Waals surface area contributed by atoms with Gasteiger partial charge in [-0.1, -0.05) is 31.4 Å². The van der Waals surface area contributed by atoms with Crippen LogP contribution in [-0.4, -0.2) is 8.80 Å². The second-order valence-electron chi connectivity index (χ2n) is 4.71. The van der Waals surface area contributed by atoms with E-state index >= 15 is 0 Å². The van der Waals surface area contributed by atoms with Crippen molar-refractivity contribution >= 4 is 8.80 Å². The molecule has 0 N–H and O–H groups in total. The smallest absolute Gasteiger partial charge is 0.432 e. The second kappa shape index (κ2) is 7.34. The molecule has 1 aromatic rings. The van der Waals surface area contributed by atoms with Gasteiger partial charge in [0.1, 0.15) is 0 Å². The standard InChI is InChI=1S/C17H18O3Si/c1-7-18-21(19-8-2,20-9-3)11-10-17-13-15(5)14(4)12-16(17)6/h1-3,12-13H,10-11H2,4-6H3. The summed E-state index contributed by atoms with van der Waals surface area (Å²) in [6, 6.07) is 4.68. The van der Waals surface area contributed by atoms with Crippen molar-refractivity contribution in [3.63, 3.8) is 0 Å². The van der Waals surface area contributed by atoms with Gasteiger partial charge in [0.25, 0.3) is 0 Å². The lowest BCUT2D eigenvalue weighted by Gasteiger charge is -2.21. The maximum Gasteiger partial charge on any atom is 0.725 e. The van der Waals surface area contributed by atoms with E-state index in [4.69, 9.17) is 32.5 Å². The largest absolute Gasteiger partial charge is 0.725 e. The molecule has 0 bridgehead atoms. The Balaban J connectivity index is 2.97. The van der Waals surface area contributed by atoms with E-state index in [9.17, 15) is 0 Å². The molecule has 0 aliphatic carbocycles. The van der Waals surface area contributed by atoms with E-state index in [1.807, 2.05) is 0 Å². The van der Waals surface area contributed by atoms with Crippen molar-refractivity contribution in [2.45, 2.75) is 33.2 Å². The minimum atomic E-state index is -3.24. The quantitative estimate of drug-likeness (QED) is 0.597. The van der Waals surface area contributed by atoms with Crippen LogP contribution >= 0.6 is 0 Å². The fourth-order valence-corrected chi connectivity index (χ4v) is 3.61. The zero-order valence-electron chi connectivity index (χ0n) is 12.5. The van der Waals surface area contributed by atoms with Crippen LogP contribution in [0.4, 0.5) is 0 Å². The Kier molecular flexibility index (Phi) is 5.79. The Morgan fingerprint density at radius 2 is 1.33 bits per heavy atom. The summed E-state index contributed by atoms with van der Waals surface area (Å²) in [5.74, 6) is 0. The molecule has 0 saturated heterocycles. The van der Waals surface area contributed by atoms with Gasteiger partial charge in [-0.2, -0.15) is 0 Å². The number of hydrogen-bond donors (Lipinski definition) is 0. The van der Waals surface area contributed by atoms with Gasteiger partial charge in [0.2, 0.25) is 0 Å². The van der Waals surface area contributed by atoms with Crippen molar-refractivity contribution < 1.29 is 13.3 Å². The van der Waals surface area contributed by atoms with Gasteiger partial charge in [-0.15, -0.1) is 0 Å². The molecule has 4 heteroatoms. The zero-order valence-corrected chi connectivity index (χ0v) is 13.5. The third-order valence-corrected chi connectivity index (χ3v) is 5.45. The Bertz CT molecular complexity index is 588. The van der Waals surface area contributed by atoms with Gasteiger partial charge in [-0.05, 0) is 49.4 Å². The van der Waals surface area contributed by atoms with Crippen LogP contribution in [0.1, 0.15) is 22.3 Å². The van der Waals surface area contributed by atoms with E-state index in [0.717, 1.165) is 5.56 Å². The number of aryl methyl sites for hydroxylation is 4. The van der Waals surface area contributed by atoms with Crippen molar-refractivity contribution in [2.24, 2.45) is 0 Å². The molecule has 0 heterocycles. The van der Waals surface area contributed by atoms with Crippen molar-refractivity contribution in [3.8, 4) is 37.6 Å². The number of hydrogen-bond acceptors (Lipinski definition) is 3. The topological polar surface area (TPSA) is 27.7 Å². The monoisotopic (exact) mass is 298 g/mol. The van der Waals surface area contributed by atoms with Crippen molar-refractivity contribution in [2.75, 3.05) is 0 Å². The maximum absolute atomic E-state index is 5.18. The predicted octanol–water partition coefficient (Wildman–Crippen LogP) is 2.92. The van der Waals surface area contributed by atoms with E-state index in [-0.39, 0.29) is 0 Å². The fraction of sp³-hybridized carbons (Fsp3) is 0.294. The summed E-state index contributed by atoms with van der Waals surface area (Å²) in [6.45, 7) is 6.20. The SMILES string of the molecule is C#CO[Si](CCc1cc(C)c(C)cc1C)(OC#C)OC#C. The fourth-order valence-electron chi connectivity index (χ4n) is 2.06. The van der Waals surface area contributed by atoms with Crippen LogP contribution in [0.15, 0.2) is 12.1 Å². The first-order chi connectivity index (χ1) is 9.98. The van der Waals surface area contributed by atoms with E-state index < -0.39 is 8.80 Å². The predicted molar refractivity (Wildman–Crippen MR) is 84.7 cm³/mol. The summed E-state index contributed by atoms with van der Waals surface area (Å²) in [4.78, 5) is 0. The number of terminal acetylenes is 3. The second-order valence-corrected chi connectivity index (χ2v) is 7.18. The molecule has 0 aliphatic heterocycles. The van der Waals surface area contributed by atoms with Crippen LogP contribution in [0.2, 0.25) is 6.04 Å². The third kappa shape index (κ3) is 4.25. The zero-order chi connectivity index (χ0) is 15.9. The molecule has 108 valence electrons. The van der Waals surface area contributed by atoms with Crippen LogP contribution in [0.25, 0.3) is 0 Å². The minimum absolute atomic E-state index is 0.412. The molecule has 1 aromatic carbocycles. The highest BCUT2D eigenvalue weighted by atomic mass is 28.4. The van der Waals surface area contributed by atoms with E-state index in [0.29, 0.717) is 12.5 Å². The molecule has 0 aromatic heterocycles. The van der Waals surface area contributed by atoms with Gasteiger partial charge in [-0.25, -0.2) is 0 Å². The summed E-state index contributed by atoms with van der Waals surface area (Å²) >= 11 is 0. The Hall–Kier alpha value is -2.48. The summed E-state index contributed by atoms with van der Waals surface area (Å²) in [5, 5.41) is 0. The normalized spacial score (nSPS) is 9.90. The molecular formula is C17H18O3Si. The van der Waals surface area contributed by atoms with Gasteiger partial charge in [-0.3, -0.25) is 0 Å². The summed E-state index contributed by atoms with van der Waals surface area (Å²) in [7, 11) is -3.24. The molecular weight excluding hydrogens is 280 g/mol. The lowest BCUT2D eigenvalue weighted by molar-refractivity contribution is 0.212. The van der Waals surface area contributed by atoms with Gasteiger partial charge >= 0.3 is 8.80 Å². The molecule has 0 radical (unpaired) electrons.